The number of aromatic nitrogens is 1. The van der Waals surface area contributed by atoms with E-state index >= 15 is 0 Å². The van der Waals surface area contributed by atoms with Crippen LogP contribution < -0.4 is 10.4 Å². The van der Waals surface area contributed by atoms with Gasteiger partial charge in [-0.1, -0.05) is 69.7 Å². The van der Waals surface area contributed by atoms with Gasteiger partial charge in [0.25, 0.3) is 5.91 Å². The zero-order valence-electron chi connectivity index (χ0n) is 24.7. The van der Waals surface area contributed by atoms with Crippen molar-refractivity contribution in [2.75, 3.05) is 5.01 Å². The van der Waals surface area contributed by atoms with Crippen molar-refractivity contribution in [3.8, 4) is 0 Å². The van der Waals surface area contributed by atoms with Gasteiger partial charge in [0.1, 0.15) is 11.8 Å². The Morgan fingerprint density at radius 2 is 1.72 bits per heavy atom. The number of amides is 1. The summed E-state index contributed by atoms with van der Waals surface area (Å²) in [5.74, 6) is -0.562. The molecule has 9 nitrogen and oxygen atoms in total. The number of hydrazone groups is 1. The molecule has 0 radical (unpaired) electrons. The molecule has 0 spiro atoms. The monoisotopic (exact) mass is 714 g/mol. The van der Waals surface area contributed by atoms with Gasteiger partial charge in [0.2, 0.25) is 20.6 Å². The van der Waals surface area contributed by atoms with Gasteiger partial charge in [-0.15, -0.1) is 0 Å². The molecule has 0 fully saturated rings. The number of anilines is 1. The molecule has 232 valence electrons. The highest BCUT2D eigenvalue weighted by Gasteiger charge is 2.28. The number of hydrogen-bond acceptors (Lipinski definition) is 8. The molecule has 1 amide bonds. The van der Waals surface area contributed by atoms with Gasteiger partial charge in [0.05, 0.1) is 32.3 Å². The molecule has 2 heterocycles. The molecule has 0 bridgehead atoms. The average Bonchev–Trinajstić information content (AvgIpc) is 3.48. The van der Waals surface area contributed by atoms with Crippen LogP contribution in [0.2, 0.25) is 0 Å². The predicted octanol–water partition coefficient (Wildman–Crippen LogP) is 7.45. The second kappa shape index (κ2) is 13.1. The summed E-state index contributed by atoms with van der Waals surface area (Å²) in [7, 11) is -3.88. The topological polar surface area (TPSA) is 113 Å². The van der Waals surface area contributed by atoms with E-state index in [2.05, 4.69) is 26.0 Å². The molecule has 0 atom stereocenters. The highest BCUT2D eigenvalue weighted by molar-refractivity contribution is 9.10. The Morgan fingerprint density at radius 1 is 1.00 bits per heavy atom. The SMILES string of the molecule is CC(C)N(Cc1ccccc1)S(=O)(=O)c1ccc(C(=O)N(/N=C/c2coc3ccccc3c2=O)c2nc3ccc(Br)cc3s2)cc1. The largest absolute Gasteiger partial charge is 0.463 e. The lowest BCUT2D eigenvalue weighted by Gasteiger charge is -2.26. The first-order valence-corrected chi connectivity index (χ1v) is 17.3. The van der Waals surface area contributed by atoms with Crippen molar-refractivity contribution in [2.24, 2.45) is 5.10 Å². The van der Waals surface area contributed by atoms with Crippen molar-refractivity contribution in [3.05, 3.63) is 135 Å². The highest BCUT2D eigenvalue weighted by Crippen LogP contribution is 2.32. The molecular weight excluding hydrogens is 688 g/mol. The van der Waals surface area contributed by atoms with Crippen LogP contribution in [0.5, 0.6) is 0 Å². The maximum Gasteiger partial charge on any atom is 0.280 e. The molecule has 0 aliphatic rings. The van der Waals surface area contributed by atoms with Gasteiger partial charge in [-0.2, -0.15) is 14.4 Å². The first-order valence-electron chi connectivity index (χ1n) is 14.2. The van der Waals surface area contributed by atoms with Crippen LogP contribution >= 0.6 is 27.3 Å². The minimum Gasteiger partial charge on any atom is -0.463 e. The standard InChI is InChI=1S/C34H27BrN4O5S2/c1-22(2)38(20-23-8-4-3-5-9-23)46(42,43)27-15-12-24(13-16-27)33(41)39(34-37-29-17-14-26(35)18-31(29)45-34)36-19-25-21-44-30-11-7-6-10-28(30)32(25)40/h3-19,21-22H,20H2,1-2H3/b36-19+. The van der Waals surface area contributed by atoms with Gasteiger partial charge in [-0.3, -0.25) is 9.59 Å². The molecule has 4 aromatic carbocycles. The first-order chi connectivity index (χ1) is 22.1. The third-order valence-corrected chi connectivity index (χ3v) is 10.7. The van der Waals surface area contributed by atoms with Crippen molar-refractivity contribution in [2.45, 2.75) is 31.3 Å². The predicted molar refractivity (Wildman–Crippen MR) is 185 cm³/mol. The fraction of sp³-hybridized carbons (Fsp3) is 0.118. The lowest BCUT2D eigenvalue weighted by Crippen LogP contribution is -2.36. The quantitative estimate of drug-likeness (QED) is 0.114. The number of para-hydroxylation sites is 1. The van der Waals surface area contributed by atoms with Gasteiger partial charge in [0.15, 0.2) is 0 Å². The number of benzene rings is 4. The molecule has 0 aliphatic carbocycles. The fourth-order valence-corrected chi connectivity index (χ4v) is 7.90. The Balaban J connectivity index is 1.35. The third-order valence-electron chi connectivity index (χ3n) is 7.20. The van der Waals surface area contributed by atoms with Crippen LogP contribution in [0, 0.1) is 0 Å². The number of hydrogen-bond donors (Lipinski definition) is 0. The summed E-state index contributed by atoms with van der Waals surface area (Å²) in [6, 6.07) is 27.2. The summed E-state index contributed by atoms with van der Waals surface area (Å²) < 4.78 is 36.1. The maximum atomic E-state index is 14.0. The minimum atomic E-state index is -3.88. The Labute approximate surface area is 277 Å². The molecule has 6 rings (SSSR count). The van der Waals surface area contributed by atoms with E-state index < -0.39 is 15.9 Å². The zero-order chi connectivity index (χ0) is 32.4. The van der Waals surface area contributed by atoms with Gasteiger partial charge >= 0.3 is 0 Å². The maximum absolute atomic E-state index is 14.0. The van der Waals surface area contributed by atoms with Gasteiger partial charge in [-0.05, 0) is 74.0 Å². The Morgan fingerprint density at radius 3 is 2.46 bits per heavy atom. The van der Waals surface area contributed by atoms with Crippen LogP contribution in [0.15, 0.2) is 127 Å². The summed E-state index contributed by atoms with van der Waals surface area (Å²) in [4.78, 5) is 31.7. The average molecular weight is 716 g/mol. The van der Waals surface area contributed by atoms with Crippen LogP contribution in [0.4, 0.5) is 5.13 Å². The summed E-state index contributed by atoms with van der Waals surface area (Å²) in [5, 5.41) is 6.16. The first kappa shape index (κ1) is 31.5. The van der Waals surface area contributed by atoms with E-state index in [0.717, 1.165) is 19.7 Å². The normalized spacial score (nSPS) is 12.1. The second-order valence-corrected chi connectivity index (χ2v) is 14.5. The van der Waals surface area contributed by atoms with Crippen LogP contribution in [0.1, 0.15) is 35.3 Å². The number of fused-ring (bicyclic) bond motifs is 2. The fourth-order valence-electron chi connectivity index (χ4n) is 4.80. The van der Waals surface area contributed by atoms with E-state index in [4.69, 9.17) is 4.42 Å². The minimum absolute atomic E-state index is 0.0577. The molecule has 0 saturated heterocycles. The summed E-state index contributed by atoms with van der Waals surface area (Å²) in [5.41, 5.74) is 1.99. The number of carbonyl (C=O) groups is 1. The van der Waals surface area contributed by atoms with Gasteiger partial charge in [0, 0.05) is 22.6 Å². The number of carbonyl (C=O) groups excluding carboxylic acids is 1. The van der Waals surface area contributed by atoms with Crippen molar-refractivity contribution in [3.63, 3.8) is 0 Å². The molecule has 46 heavy (non-hydrogen) atoms. The lowest BCUT2D eigenvalue weighted by molar-refractivity contribution is 0.0987. The van der Waals surface area contributed by atoms with E-state index in [1.165, 1.54) is 52.4 Å². The molecule has 6 aromatic rings. The number of halogens is 1. The Kier molecular flexibility index (Phi) is 8.96. The van der Waals surface area contributed by atoms with Crippen LogP contribution in [0.25, 0.3) is 21.2 Å². The lowest BCUT2D eigenvalue weighted by atomic mass is 10.2. The van der Waals surface area contributed by atoms with Crippen LogP contribution in [-0.4, -0.2) is 35.9 Å². The van der Waals surface area contributed by atoms with Crippen molar-refractivity contribution in [1.29, 1.82) is 0 Å². The van der Waals surface area contributed by atoms with Gasteiger partial charge in [-0.25, -0.2) is 13.4 Å². The van der Waals surface area contributed by atoms with E-state index in [1.54, 1.807) is 24.3 Å². The summed E-state index contributed by atoms with van der Waals surface area (Å²) in [6.45, 7) is 3.85. The summed E-state index contributed by atoms with van der Waals surface area (Å²) >= 11 is 4.71. The number of sulfonamides is 1. The zero-order valence-corrected chi connectivity index (χ0v) is 27.9. The van der Waals surface area contributed by atoms with E-state index in [0.29, 0.717) is 16.5 Å². The van der Waals surface area contributed by atoms with E-state index in [1.807, 2.05) is 62.4 Å². The number of rotatable bonds is 9. The van der Waals surface area contributed by atoms with Crippen molar-refractivity contribution in [1.82, 2.24) is 9.29 Å². The van der Waals surface area contributed by atoms with E-state index in [9.17, 15) is 18.0 Å². The molecule has 0 N–H and O–H groups in total. The van der Waals surface area contributed by atoms with Crippen molar-refractivity contribution >= 4 is 75.7 Å². The van der Waals surface area contributed by atoms with E-state index in [-0.39, 0.29) is 39.2 Å². The Bertz CT molecular complexity index is 2250. The number of thiazole rings is 1. The van der Waals surface area contributed by atoms with Crippen molar-refractivity contribution < 1.29 is 17.6 Å². The highest BCUT2D eigenvalue weighted by atomic mass is 79.9. The molecule has 0 saturated carbocycles. The van der Waals surface area contributed by atoms with Crippen LogP contribution in [0.3, 0.4) is 0 Å². The molecule has 0 aliphatic heterocycles. The second-order valence-electron chi connectivity index (χ2n) is 10.6. The van der Waals surface area contributed by atoms with Gasteiger partial charge < -0.3 is 4.42 Å². The molecule has 0 unspecified atom stereocenters. The smallest absolute Gasteiger partial charge is 0.280 e. The summed E-state index contributed by atoms with van der Waals surface area (Å²) in [6.07, 6.45) is 2.56. The molecule has 12 heteroatoms. The van der Waals surface area contributed by atoms with Crippen LogP contribution in [-0.2, 0) is 16.6 Å². The number of nitrogens with zero attached hydrogens (tertiary/aromatic N) is 4. The molecular formula is C34H27BrN4O5S2. The molecule has 2 aromatic heterocycles. The third kappa shape index (κ3) is 6.42. The Hall–Kier alpha value is -4.49.